The third-order valence-corrected chi connectivity index (χ3v) is 5.74. The molecular formula is C24H33N3O3. The number of fused-ring (bicyclic) bond motifs is 1. The third-order valence-electron chi connectivity index (χ3n) is 5.74. The summed E-state index contributed by atoms with van der Waals surface area (Å²) >= 11 is 0. The Bertz CT molecular complexity index is 813. The van der Waals surface area contributed by atoms with Crippen molar-refractivity contribution < 1.29 is 14.6 Å². The van der Waals surface area contributed by atoms with E-state index < -0.39 is 6.10 Å². The number of carbonyl (C=O) groups excluding carboxylic acids is 1. The summed E-state index contributed by atoms with van der Waals surface area (Å²) in [6.07, 6.45) is 6.81. The number of benzene rings is 1. The minimum Gasteiger partial charge on any atom is -0.388 e. The largest absolute Gasteiger partial charge is 0.388 e. The van der Waals surface area contributed by atoms with Crippen molar-refractivity contribution >= 4 is 11.6 Å². The number of anilines is 1. The zero-order valence-corrected chi connectivity index (χ0v) is 18.1. The first-order valence-corrected chi connectivity index (χ1v) is 10.9. The number of hydrogen-bond donors (Lipinski definition) is 1. The average molecular weight is 412 g/mol. The van der Waals surface area contributed by atoms with Crippen molar-refractivity contribution in [2.45, 2.75) is 45.3 Å². The normalized spacial score (nSPS) is 16.9. The Balaban J connectivity index is 1.88. The van der Waals surface area contributed by atoms with Crippen LogP contribution in [0.15, 0.2) is 42.7 Å². The lowest BCUT2D eigenvalue weighted by atomic mass is 9.99. The van der Waals surface area contributed by atoms with Gasteiger partial charge in [-0.05, 0) is 55.7 Å². The smallest absolute Gasteiger partial charge is 0.254 e. The molecule has 1 amide bonds. The van der Waals surface area contributed by atoms with Crippen LogP contribution in [0.2, 0.25) is 0 Å². The molecule has 6 heteroatoms. The van der Waals surface area contributed by atoms with Gasteiger partial charge in [0.05, 0.1) is 12.7 Å². The Labute approximate surface area is 179 Å². The highest BCUT2D eigenvalue weighted by Gasteiger charge is 2.22. The molecule has 0 radical (unpaired) electrons. The first kappa shape index (κ1) is 22.2. The van der Waals surface area contributed by atoms with E-state index in [4.69, 9.17) is 4.74 Å². The van der Waals surface area contributed by atoms with Gasteiger partial charge >= 0.3 is 0 Å². The van der Waals surface area contributed by atoms with Crippen molar-refractivity contribution in [3.05, 3.63) is 59.4 Å². The summed E-state index contributed by atoms with van der Waals surface area (Å²) in [7, 11) is 1.70. The van der Waals surface area contributed by atoms with Crippen molar-refractivity contribution in [3.63, 3.8) is 0 Å². The van der Waals surface area contributed by atoms with Gasteiger partial charge in [-0.3, -0.25) is 9.78 Å². The maximum absolute atomic E-state index is 13.2. The van der Waals surface area contributed by atoms with Gasteiger partial charge in [-0.2, -0.15) is 0 Å². The number of pyridine rings is 1. The van der Waals surface area contributed by atoms with Gasteiger partial charge in [0.15, 0.2) is 0 Å². The number of aromatic nitrogens is 1. The van der Waals surface area contributed by atoms with E-state index in [2.05, 4.69) is 9.88 Å². The van der Waals surface area contributed by atoms with Crippen LogP contribution < -0.4 is 4.90 Å². The van der Waals surface area contributed by atoms with Crippen molar-refractivity contribution in [1.29, 1.82) is 0 Å². The van der Waals surface area contributed by atoms with Gasteiger partial charge < -0.3 is 19.6 Å². The molecule has 2 aromatic rings. The predicted octanol–water partition coefficient (Wildman–Crippen LogP) is 3.80. The van der Waals surface area contributed by atoms with E-state index in [1.165, 1.54) is 0 Å². The number of hydrogen-bond acceptors (Lipinski definition) is 5. The number of carbonyl (C=O) groups is 1. The van der Waals surface area contributed by atoms with Gasteiger partial charge in [0.1, 0.15) is 0 Å². The molecule has 0 saturated heterocycles. The molecule has 6 nitrogen and oxygen atoms in total. The molecule has 0 aliphatic carbocycles. The van der Waals surface area contributed by atoms with Crippen molar-refractivity contribution in [2.75, 3.05) is 38.3 Å². The molecular weight excluding hydrogens is 378 g/mol. The lowest BCUT2D eigenvalue weighted by Crippen LogP contribution is -2.31. The van der Waals surface area contributed by atoms with E-state index >= 15 is 0 Å². The first-order valence-electron chi connectivity index (χ1n) is 10.9. The van der Waals surface area contributed by atoms with Crippen LogP contribution in [-0.2, 0) is 11.3 Å². The topological polar surface area (TPSA) is 65.9 Å². The Morgan fingerprint density at radius 3 is 2.77 bits per heavy atom. The van der Waals surface area contributed by atoms with Crippen LogP contribution >= 0.6 is 0 Å². The summed E-state index contributed by atoms with van der Waals surface area (Å²) in [6.45, 7) is 5.47. The standard InChI is InChI=1S/C24H33N3O3/c1-3-26(18-19-10-12-25-13-11-19)24(29)20-8-9-22-21(17-20)23(28)7-5-4-6-14-27(22)15-16-30-2/h8-13,17,23,28H,3-7,14-16,18H2,1-2H3. The van der Waals surface area contributed by atoms with Crippen LogP contribution in [0, 0.1) is 0 Å². The van der Waals surface area contributed by atoms with E-state index in [9.17, 15) is 9.90 Å². The molecule has 30 heavy (non-hydrogen) atoms. The quantitative estimate of drug-likeness (QED) is 0.751. The van der Waals surface area contributed by atoms with Gasteiger partial charge in [-0.25, -0.2) is 0 Å². The van der Waals surface area contributed by atoms with E-state index in [1.807, 2.05) is 42.2 Å². The van der Waals surface area contributed by atoms with Crippen LogP contribution in [0.5, 0.6) is 0 Å². The molecule has 1 aromatic heterocycles. The summed E-state index contributed by atoms with van der Waals surface area (Å²) < 4.78 is 5.28. The Morgan fingerprint density at radius 2 is 2.03 bits per heavy atom. The lowest BCUT2D eigenvalue weighted by Gasteiger charge is -2.28. The number of nitrogens with zero attached hydrogens (tertiary/aromatic N) is 3. The van der Waals surface area contributed by atoms with Crippen LogP contribution in [-0.4, -0.2) is 54.2 Å². The number of ether oxygens (including phenoxy) is 1. The van der Waals surface area contributed by atoms with Crippen molar-refractivity contribution in [3.8, 4) is 0 Å². The summed E-state index contributed by atoms with van der Waals surface area (Å²) in [5.74, 6) is -0.0207. The minimum absolute atomic E-state index is 0.0207. The van der Waals surface area contributed by atoms with Gasteiger partial charge in [0, 0.05) is 62.5 Å². The van der Waals surface area contributed by atoms with Gasteiger partial charge in [0.25, 0.3) is 5.91 Å². The molecule has 3 rings (SSSR count). The highest BCUT2D eigenvalue weighted by molar-refractivity contribution is 5.95. The van der Waals surface area contributed by atoms with Crippen molar-refractivity contribution in [1.82, 2.24) is 9.88 Å². The molecule has 0 spiro atoms. The highest BCUT2D eigenvalue weighted by atomic mass is 16.5. The highest BCUT2D eigenvalue weighted by Crippen LogP contribution is 2.33. The predicted molar refractivity (Wildman–Crippen MR) is 119 cm³/mol. The zero-order chi connectivity index (χ0) is 21.3. The Morgan fingerprint density at radius 1 is 1.23 bits per heavy atom. The van der Waals surface area contributed by atoms with Crippen molar-refractivity contribution in [2.24, 2.45) is 0 Å². The van der Waals surface area contributed by atoms with Gasteiger partial charge in [0.2, 0.25) is 0 Å². The molecule has 1 aromatic carbocycles. The molecule has 162 valence electrons. The monoisotopic (exact) mass is 411 g/mol. The number of aliphatic hydroxyl groups is 1. The van der Waals surface area contributed by atoms with E-state index in [0.29, 0.717) is 25.3 Å². The second kappa shape index (κ2) is 11.1. The fourth-order valence-electron chi connectivity index (χ4n) is 3.99. The summed E-state index contributed by atoms with van der Waals surface area (Å²) in [4.78, 5) is 21.4. The minimum atomic E-state index is -0.564. The Hall–Kier alpha value is -2.44. The molecule has 1 aliphatic heterocycles. The summed E-state index contributed by atoms with van der Waals surface area (Å²) in [6, 6.07) is 9.63. The van der Waals surface area contributed by atoms with Gasteiger partial charge in [-0.1, -0.05) is 12.8 Å². The van der Waals surface area contributed by atoms with Crippen LogP contribution in [0.4, 0.5) is 5.69 Å². The molecule has 0 fully saturated rings. The molecule has 1 N–H and O–H groups in total. The maximum Gasteiger partial charge on any atom is 0.254 e. The number of rotatable bonds is 7. The second-order valence-corrected chi connectivity index (χ2v) is 7.79. The maximum atomic E-state index is 13.2. The first-order chi connectivity index (χ1) is 14.6. The zero-order valence-electron chi connectivity index (χ0n) is 18.1. The molecule has 1 atom stereocenters. The lowest BCUT2D eigenvalue weighted by molar-refractivity contribution is 0.0752. The SMILES string of the molecule is CCN(Cc1ccncc1)C(=O)c1ccc2c(c1)C(O)CCCCCN2CCOC. The number of aliphatic hydroxyl groups excluding tert-OH is 1. The molecule has 1 unspecified atom stereocenters. The van der Waals surface area contributed by atoms with Crippen LogP contribution in [0.25, 0.3) is 0 Å². The van der Waals surface area contributed by atoms with Crippen LogP contribution in [0.3, 0.4) is 0 Å². The summed E-state index contributed by atoms with van der Waals surface area (Å²) in [5, 5.41) is 10.9. The fraction of sp³-hybridized carbons (Fsp3) is 0.500. The third kappa shape index (κ3) is 5.58. The van der Waals surface area contributed by atoms with E-state index in [0.717, 1.165) is 55.6 Å². The van der Waals surface area contributed by atoms with E-state index in [1.54, 1.807) is 19.5 Å². The summed E-state index contributed by atoms with van der Waals surface area (Å²) in [5.41, 5.74) is 3.53. The average Bonchev–Trinajstić information content (AvgIpc) is 2.85. The molecule has 1 aliphatic rings. The second-order valence-electron chi connectivity index (χ2n) is 7.79. The molecule has 0 bridgehead atoms. The van der Waals surface area contributed by atoms with Gasteiger partial charge in [-0.15, -0.1) is 0 Å². The van der Waals surface area contributed by atoms with Crippen LogP contribution in [0.1, 0.15) is 60.2 Å². The van der Waals surface area contributed by atoms with E-state index in [-0.39, 0.29) is 5.91 Å². The number of methoxy groups -OCH3 is 1. The fourth-order valence-corrected chi connectivity index (χ4v) is 3.99. The Kier molecular flexibility index (Phi) is 8.22. The number of amides is 1. The molecule has 0 saturated carbocycles. The molecule has 2 heterocycles.